The quantitative estimate of drug-likeness (QED) is 0.724. The Morgan fingerprint density at radius 1 is 1.33 bits per heavy atom. The second-order valence-electron chi connectivity index (χ2n) is 2.59. The van der Waals surface area contributed by atoms with Crippen molar-refractivity contribution < 1.29 is 0 Å². The van der Waals surface area contributed by atoms with E-state index in [1.54, 1.807) is 0 Å². The van der Waals surface area contributed by atoms with E-state index in [2.05, 4.69) is 34.1 Å². The first-order valence-electron chi connectivity index (χ1n) is 3.87. The van der Waals surface area contributed by atoms with Crippen LogP contribution in [0.5, 0.6) is 0 Å². The number of nitriles is 1. The molecule has 0 amide bonds. The van der Waals surface area contributed by atoms with Crippen molar-refractivity contribution >= 4 is 15.9 Å². The van der Waals surface area contributed by atoms with Gasteiger partial charge in [0.15, 0.2) is 0 Å². The highest BCUT2D eigenvalue weighted by atomic mass is 79.9. The van der Waals surface area contributed by atoms with Crippen molar-refractivity contribution in [3.05, 3.63) is 35.4 Å². The van der Waals surface area contributed by atoms with Crippen LogP contribution in [0.3, 0.4) is 0 Å². The number of hydrogen-bond acceptors (Lipinski definition) is 1. The smallest absolute Gasteiger partial charge is 0.0669 e. The fraction of sp³-hybridized carbons (Fsp3) is 0.300. The summed E-state index contributed by atoms with van der Waals surface area (Å²) in [6, 6.07) is 10.3. The molecule has 0 atom stereocenters. The van der Waals surface area contributed by atoms with Gasteiger partial charge in [0.2, 0.25) is 0 Å². The van der Waals surface area contributed by atoms with E-state index < -0.39 is 0 Å². The minimum Gasteiger partial charge on any atom is -0.198 e. The van der Waals surface area contributed by atoms with Crippen molar-refractivity contribution in [3.8, 4) is 6.07 Å². The zero-order valence-electron chi connectivity index (χ0n) is 6.76. The molecule has 1 aromatic rings. The summed E-state index contributed by atoms with van der Waals surface area (Å²) in [5, 5.41) is 9.46. The van der Waals surface area contributed by atoms with Crippen molar-refractivity contribution in [1.29, 1.82) is 5.26 Å². The monoisotopic (exact) mass is 223 g/mol. The number of alkyl halides is 1. The standard InChI is InChI=1S/C10H10BrN/c11-6-4-9-2-1-3-10(8-9)5-7-12/h1-3,8H,4-6H2. The fourth-order valence-electron chi connectivity index (χ4n) is 1.10. The Morgan fingerprint density at radius 2 is 2.08 bits per heavy atom. The zero-order chi connectivity index (χ0) is 8.81. The molecule has 1 nitrogen and oxygen atoms in total. The number of aryl methyl sites for hydroxylation is 1. The third-order valence-corrected chi connectivity index (χ3v) is 2.05. The van der Waals surface area contributed by atoms with Gasteiger partial charge in [0, 0.05) is 5.33 Å². The van der Waals surface area contributed by atoms with Crippen molar-refractivity contribution in [2.24, 2.45) is 0 Å². The average molecular weight is 224 g/mol. The van der Waals surface area contributed by atoms with Crippen LogP contribution in [-0.2, 0) is 12.8 Å². The van der Waals surface area contributed by atoms with Gasteiger partial charge in [-0.1, -0.05) is 40.2 Å². The molecule has 0 saturated carbocycles. The minimum absolute atomic E-state index is 0.510. The molecule has 1 rings (SSSR count). The summed E-state index contributed by atoms with van der Waals surface area (Å²) in [6.45, 7) is 0. The van der Waals surface area contributed by atoms with Crippen LogP contribution in [0, 0.1) is 11.3 Å². The van der Waals surface area contributed by atoms with Gasteiger partial charge in [0.05, 0.1) is 12.5 Å². The van der Waals surface area contributed by atoms with Gasteiger partial charge in [0.25, 0.3) is 0 Å². The van der Waals surface area contributed by atoms with Gasteiger partial charge < -0.3 is 0 Å². The first-order chi connectivity index (χ1) is 5.86. The van der Waals surface area contributed by atoms with Gasteiger partial charge in [0.1, 0.15) is 0 Å². The fourth-order valence-corrected chi connectivity index (χ4v) is 1.55. The molecular formula is C10H10BrN. The third kappa shape index (κ3) is 2.67. The van der Waals surface area contributed by atoms with E-state index in [1.807, 2.05) is 12.1 Å². The predicted octanol–water partition coefficient (Wildman–Crippen LogP) is 2.69. The lowest BCUT2D eigenvalue weighted by atomic mass is 10.1. The molecule has 0 spiro atoms. The largest absolute Gasteiger partial charge is 0.198 e. The number of nitrogens with zero attached hydrogens (tertiary/aromatic N) is 1. The van der Waals surface area contributed by atoms with Crippen molar-refractivity contribution in [3.63, 3.8) is 0 Å². The van der Waals surface area contributed by atoms with E-state index in [1.165, 1.54) is 5.56 Å². The topological polar surface area (TPSA) is 23.8 Å². The Hall–Kier alpha value is -0.810. The molecule has 12 heavy (non-hydrogen) atoms. The maximum absolute atomic E-state index is 8.48. The molecule has 2 heteroatoms. The minimum atomic E-state index is 0.510. The normalized spacial score (nSPS) is 9.33. The molecule has 0 aromatic heterocycles. The molecule has 0 aliphatic heterocycles. The Kier molecular flexibility index (Phi) is 3.83. The van der Waals surface area contributed by atoms with Gasteiger partial charge in [-0.3, -0.25) is 0 Å². The molecule has 0 saturated heterocycles. The molecule has 0 radical (unpaired) electrons. The van der Waals surface area contributed by atoms with Crippen LogP contribution in [0.4, 0.5) is 0 Å². The first-order valence-corrected chi connectivity index (χ1v) is 4.99. The van der Waals surface area contributed by atoms with E-state index in [-0.39, 0.29) is 0 Å². The highest BCUT2D eigenvalue weighted by molar-refractivity contribution is 9.09. The Morgan fingerprint density at radius 3 is 2.75 bits per heavy atom. The van der Waals surface area contributed by atoms with Crippen molar-refractivity contribution in [1.82, 2.24) is 0 Å². The van der Waals surface area contributed by atoms with E-state index in [4.69, 9.17) is 5.26 Å². The summed E-state index contributed by atoms with van der Waals surface area (Å²) in [6.07, 6.45) is 1.54. The van der Waals surface area contributed by atoms with Crippen LogP contribution < -0.4 is 0 Å². The molecule has 0 aliphatic rings. The highest BCUT2D eigenvalue weighted by Gasteiger charge is 1.94. The first kappa shape index (κ1) is 9.28. The van der Waals surface area contributed by atoms with E-state index in [0.717, 1.165) is 17.3 Å². The second kappa shape index (κ2) is 4.95. The average Bonchev–Trinajstić information content (AvgIpc) is 2.06. The van der Waals surface area contributed by atoms with Gasteiger partial charge in [-0.2, -0.15) is 5.26 Å². The molecule has 1 aromatic carbocycles. The number of rotatable bonds is 3. The van der Waals surface area contributed by atoms with Crippen LogP contribution in [0.1, 0.15) is 11.1 Å². The predicted molar refractivity (Wildman–Crippen MR) is 53.3 cm³/mol. The Balaban J connectivity index is 2.75. The molecule has 0 unspecified atom stereocenters. The lowest BCUT2D eigenvalue weighted by Crippen LogP contribution is -1.88. The molecular weight excluding hydrogens is 214 g/mol. The lowest BCUT2D eigenvalue weighted by molar-refractivity contribution is 1.14. The van der Waals surface area contributed by atoms with Crippen molar-refractivity contribution in [2.75, 3.05) is 5.33 Å². The van der Waals surface area contributed by atoms with E-state index in [0.29, 0.717) is 6.42 Å². The summed E-state index contributed by atoms with van der Waals surface area (Å²) in [7, 11) is 0. The number of benzene rings is 1. The van der Waals surface area contributed by atoms with Crippen LogP contribution in [0.15, 0.2) is 24.3 Å². The van der Waals surface area contributed by atoms with E-state index >= 15 is 0 Å². The SMILES string of the molecule is N#CCc1cccc(CCBr)c1. The summed E-state index contributed by atoms with van der Waals surface area (Å²) in [5.74, 6) is 0. The van der Waals surface area contributed by atoms with Crippen LogP contribution in [0.2, 0.25) is 0 Å². The maximum atomic E-state index is 8.48. The lowest BCUT2D eigenvalue weighted by Gasteiger charge is -1.99. The molecule has 0 N–H and O–H groups in total. The third-order valence-electron chi connectivity index (χ3n) is 1.66. The summed E-state index contributed by atoms with van der Waals surface area (Å²) < 4.78 is 0. The Bertz CT molecular complexity index is 288. The number of hydrogen-bond donors (Lipinski definition) is 0. The summed E-state index contributed by atoms with van der Waals surface area (Å²) in [5.41, 5.74) is 2.40. The Labute approximate surface area is 81.2 Å². The van der Waals surface area contributed by atoms with Gasteiger partial charge in [-0.25, -0.2) is 0 Å². The molecule has 0 aliphatic carbocycles. The number of halogens is 1. The summed E-state index contributed by atoms with van der Waals surface area (Å²) >= 11 is 3.38. The van der Waals surface area contributed by atoms with Gasteiger partial charge in [-0.05, 0) is 17.5 Å². The molecule has 0 heterocycles. The maximum Gasteiger partial charge on any atom is 0.0669 e. The molecule has 62 valence electrons. The van der Waals surface area contributed by atoms with Gasteiger partial charge in [-0.15, -0.1) is 0 Å². The van der Waals surface area contributed by atoms with Gasteiger partial charge >= 0.3 is 0 Å². The van der Waals surface area contributed by atoms with Crippen LogP contribution >= 0.6 is 15.9 Å². The second-order valence-corrected chi connectivity index (χ2v) is 3.39. The van der Waals surface area contributed by atoms with E-state index in [9.17, 15) is 0 Å². The highest BCUT2D eigenvalue weighted by Crippen LogP contribution is 2.07. The summed E-state index contributed by atoms with van der Waals surface area (Å²) in [4.78, 5) is 0. The van der Waals surface area contributed by atoms with Crippen LogP contribution in [-0.4, -0.2) is 5.33 Å². The molecule has 0 fully saturated rings. The van der Waals surface area contributed by atoms with Crippen LogP contribution in [0.25, 0.3) is 0 Å². The van der Waals surface area contributed by atoms with Crippen molar-refractivity contribution in [2.45, 2.75) is 12.8 Å². The zero-order valence-corrected chi connectivity index (χ0v) is 8.34. The molecule has 0 bridgehead atoms.